The molecular formula is C26H21F8N3O5. The number of carbonyl (C=O) groups excluding carboxylic acids is 2. The number of halogens is 8. The summed E-state index contributed by atoms with van der Waals surface area (Å²) in [5.41, 5.74) is 1.26. The van der Waals surface area contributed by atoms with Gasteiger partial charge >= 0.3 is 12.4 Å². The van der Waals surface area contributed by atoms with Crippen LogP contribution in [0, 0.1) is 25.5 Å². The van der Waals surface area contributed by atoms with Crippen LogP contribution in [0.3, 0.4) is 0 Å². The van der Waals surface area contributed by atoms with Crippen LogP contribution in [0.15, 0.2) is 36.4 Å². The van der Waals surface area contributed by atoms with Gasteiger partial charge in [0, 0.05) is 17.0 Å². The summed E-state index contributed by atoms with van der Waals surface area (Å²) in [4.78, 5) is 32.8. The van der Waals surface area contributed by atoms with Crippen molar-refractivity contribution < 1.29 is 59.3 Å². The minimum absolute atomic E-state index is 0.153. The van der Waals surface area contributed by atoms with Crippen LogP contribution in [0.2, 0.25) is 0 Å². The number of rotatable bonds is 7. The number of ether oxygens (including phenoxy) is 2. The van der Waals surface area contributed by atoms with Gasteiger partial charge in [-0.05, 0) is 43.7 Å². The maximum Gasteiger partial charge on any atom is 0.422 e. The third-order valence-corrected chi connectivity index (χ3v) is 5.60. The molecule has 42 heavy (non-hydrogen) atoms. The van der Waals surface area contributed by atoms with Crippen molar-refractivity contribution in [2.45, 2.75) is 39.4 Å². The van der Waals surface area contributed by atoms with Gasteiger partial charge in [-0.3, -0.25) is 14.5 Å². The number of carbonyl (C=O) groups is 2. The lowest BCUT2D eigenvalue weighted by molar-refractivity contribution is -0.155. The third-order valence-electron chi connectivity index (χ3n) is 5.60. The summed E-state index contributed by atoms with van der Waals surface area (Å²) in [5, 5.41) is 8.77. The van der Waals surface area contributed by atoms with Crippen molar-refractivity contribution in [3.8, 4) is 11.8 Å². The first-order valence-electron chi connectivity index (χ1n) is 11.8. The average molecular weight is 607 g/mol. The fraction of sp³-hybridized carbons (Fsp3) is 0.308. The van der Waals surface area contributed by atoms with E-state index >= 15 is 0 Å². The molecule has 1 aromatic carbocycles. The molecule has 0 radical (unpaired) electrons. The molecule has 3 heterocycles. The lowest BCUT2D eigenvalue weighted by atomic mass is 10.1. The van der Waals surface area contributed by atoms with Crippen LogP contribution in [0.1, 0.15) is 43.2 Å². The van der Waals surface area contributed by atoms with Crippen LogP contribution in [-0.2, 0) is 13.2 Å². The highest BCUT2D eigenvalue weighted by atomic mass is 19.4. The van der Waals surface area contributed by atoms with Crippen LogP contribution in [0.25, 0.3) is 0 Å². The highest BCUT2D eigenvalue weighted by Gasteiger charge is 2.36. The van der Waals surface area contributed by atoms with Gasteiger partial charge in [0.1, 0.15) is 0 Å². The second-order valence-electron chi connectivity index (χ2n) is 8.75. The van der Waals surface area contributed by atoms with E-state index in [2.05, 4.69) is 19.4 Å². The van der Waals surface area contributed by atoms with Gasteiger partial charge in [-0.1, -0.05) is 12.1 Å². The SMILES string of the molecule is Cc1nc(OCC(F)(F)F)c(F)cc1CN1C(=O)c2ccccc2C1=O.Cc1nc(OCC(F)(F)F)c(F)cc1CO. The Morgan fingerprint density at radius 1 is 0.762 bits per heavy atom. The Kier molecular flexibility index (Phi) is 9.71. The Hall–Kier alpha value is -4.34. The van der Waals surface area contributed by atoms with E-state index in [4.69, 9.17) is 5.11 Å². The van der Waals surface area contributed by atoms with Crippen molar-refractivity contribution in [1.29, 1.82) is 0 Å². The van der Waals surface area contributed by atoms with E-state index in [1.54, 1.807) is 12.1 Å². The Morgan fingerprint density at radius 3 is 1.57 bits per heavy atom. The van der Waals surface area contributed by atoms with Gasteiger partial charge in [-0.2, -0.15) is 26.3 Å². The van der Waals surface area contributed by atoms with Crippen molar-refractivity contribution in [3.63, 3.8) is 0 Å². The number of fused-ring (bicyclic) bond motifs is 1. The van der Waals surface area contributed by atoms with Crippen molar-refractivity contribution >= 4 is 11.8 Å². The van der Waals surface area contributed by atoms with Gasteiger partial charge in [0.25, 0.3) is 23.6 Å². The van der Waals surface area contributed by atoms with Crippen molar-refractivity contribution in [2.24, 2.45) is 0 Å². The zero-order chi connectivity index (χ0) is 31.4. The predicted molar refractivity (Wildman–Crippen MR) is 128 cm³/mol. The summed E-state index contributed by atoms with van der Waals surface area (Å²) in [6, 6.07) is 8.07. The quantitative estimate of drug-likeness (QED) is 0.290. The molecule has 226 valence electrons. The standard InChI is InChI=1S/C17H12F4N2O3.C9H9F4NO2/c1-9-10(6-13(18)14(22-9)26-8-17(19,20)21)7-23-15(24)11-4-2-3-5-12(11)16(23)25;1-5-6(3-15)2-7(10)8(14-5)16-4-9(11,12)13/h2-6H,7-8H2,1H3;2,15H,3-4H2,1H3. The van der Waals surface area contributed by atoms with Gasteiger partial charge < -0.3 is 14.6 Å². The van der Waals surface area contributed by atoms with Crippen molar-refractivity contribution in [3.05, 3.63) is 81.7 Å². The van der Waals surface area contributed by atoms with Crippen LogP contribution < -0.4 is 9.47 Å². The summed E-state index contributed by atoms with van der Waals surface area (Å²) in [5.74, 6) is -4.69. The van der Waals surface area contributed by atoms with Gasteiger partial charge in [-0.15, -0.1) is 0 Å². The molecule has 0 atom stereocenters. The summed E-state index contributed by atoms with van der Waals surface area (Å²) in [6.07, 6.45) is -9.17. The second kappa shape index (κ2) is 12.7. The normalized spacial score (nSPS) is 13.1. The smallest absolute Gasteiger partial charge is 0.422 e. The number of aliphatic hydroxyl groups excluding tert-OH is 1. The van der Waals surface area contributed by atoms with Crippen LogP contribution in [-0.4, -0.2) is 57.4 Å². The fourth-order valence-electron chi connectivity index (χ4n) is 3.57. The molecule has 16 heteroatoms. The summed E-state index contributed by atoms with van der Waals surface area (Å²) < 4.78 is 108. The van der Waals surface area contributed by atoms with Gasteiger partial charge in [-0.25, -0.2) is 18.7 Å². The minimum atomic E-state index is -4.62. The maximum absolute atomic E-state index is 14.0. The highest BCUT2D eigenvalue weighted by molar-refractivity contribution is 6.21. The van der Waals surface area contributed by atoms with E-state index in [0.717, 1.165) is 17.0 Å². The molecule has 2 aromatic heterocycles. The number of hydrogen-bond acceptors (Lipinski definition) is 7. The number of pyridine rings is 2. The molecule has 0 bridgehead atoms. The fourth-order valence-corrected chi connectivity index (χ4v) is 3.57. The zero-order valence-corrected chi connectivity index (χ0v) is 21.7. The lowest BCUT2D eigenvalue weighted by Gasteiger charge is -2.16. The van der Waals surface area contributed by atoms with Crippen LogP contribution in [0.4, 0.5) is 35.1 Å². The predicted octanol–water partition coefficient (Wildman–Crippen LogP) is 5.23. The van der Waals surface area contributed by atoms with Crippen LogP contribution in [0.5, 0.6) is 11.8 Å². The number of imide groups is 1. The first-order valence-corrected chi connectivity index (χ1v) is 11.8. The monoisotopic (exact) mass is 607 g/mol. The van der Waals surface area contributed by atoms with E-state index in [1.807, 2.05) is 0 Å². The number of aromatic nitrogens is 2. The van der Waals surface area contributed by atoms with Crippen molar-refractivity contribution in [2.75, 3.05) is 13.2 Å². The lowest BCUT2D eigenvalue weighted by Crippen LogP contribution is -2.29. The molecule has 0 saturated heterocycles. The maximum atomic E-state index is 14.0. The number of aryl methyl sites for hydroxylation is 2. The van der Waals surface area contributed by atoms with E-state index in [1.165, 1.54) is 26.0 Å². The van der Waals surface area contributed by atoms with Gasteiger partial charge in [0.15, 0.2) is 24.8 Å². The Morgan fingerprint density at radius 2 is 1.17 bits per heavy atom. The first-order chi connectivity index (χ1) is 19.5. The zero-order valence-electron chi connectivity index (χ0n) is 21.7. The Balaban J connectivity index is 0.000000260. The molecule has 1 aliphatic heterocycles. The summed E-state index contributed by atoms with van der Waals surface area (Å²) >= 11 is 0. The molecule has 2 amide bonds. The molecule has 0 unspecified atom stereocenters. The van der Waals surface area contributed by atoms with E-state index in [-0.39, 0.29) is 40.2 Å². The average Bonchev–Trinajstić information content (AvgIpc) is 3.14. The number of hydrogen-bond donors (Lipinski definition) is 1. The molecule has 1 aliphatic rings. The third kappa shape index (κ3) is 8.11. The Bertz CT molecular complexity index is 1440. The molecule has 4 rings (SSSR count). The van der Waals surface area contributed by atoms with Gasteiger partial charge in [0.05, 0.1) is 24.3 Å². The molecule has 0 spiro atoms. The molecule has 1 N–H and O–H groups in total. The molecule has 0 saturated carbocycles. The van der Waals surface area contributed by atoms with E-state index < -0.39 is 67.4 Å². The number of amides is 2. The molecule has 0 fully saturated rings. The summed E-state index contributed by atoms with van der Waals surface area (Å²) in [7, 11) is 0. The van der Waals surface area contributed by atoms with Crippen LogP contribution >= 0.6 is 0 Å². The number of benzene rings is 1. The first kappa shape index (κ1) is 32.2. The van der Waals surface area contributed by atoms with Crippen molar-refractivity contribution in [1.82, 2.24) is 14.9 Å². The molecule has 0 aliphatic carbocycles. The number of nitrogens with zero attached hydrogens (tertiary/aromatic N) is 3. The van der Waals surface area contributed by atoms with E-state index in [9.17, 15) is 44.7 Å². The number of aliphatic hydroxyl groups is 1. The van der Waals surface area contributed by atoms with E-state index in [0.29, 0.717) is 0 Å². The number of alkyl halides is 6. The molecule has 8 nitrogen and oxygen atoms in total. The highest BCUT2D eigenvalue weighted by Crippen LogP contribution is 2.27. The molecule has 3 aromatic rings. The largest absolute Gasteiger partial charge is 0.466 e. The topological polar surface area (TPSA) is 102 Å². The van der Waals surface area contributed by atoms with Gasteiger partial charge in [0.2, 0.25) is 0 Å². The molecular weight excluding hydrogens is 586 g/mol. The summed E-state index contributed by atoms with van der Waals surface area (Å²) in [6.45, 7) is -1.10. The Labute approximate surface area is 232 Å². The minimum Gasteiger partial charge on any atom is -0.466 e. The second-order valence-corrected chi connectivity index (χ2v) is 8.75.